The van der Waals surface area contributed by atoms with Gasteiger partial charge in [0.15, 0.2) is 0 Å². The zero-order valence-corrected chi connectivity index (χ0v) is 16.4. The summed E-state index contributed by atoms with van der Waals surface area (Å²) < 4.78 is 10.6. The first-order valence-corrected chi connectivity index (χ1v) is 9.12. The Morgan fingerprint density at radius 2 is 1.70 bits per heavy atom. The molecule has 1 aliphatic heterocycles. The summed E-state index contributed by atoms with van der Waals surface area (Å²) in [4.78, 5) is 16.9. The normalized spacial score (nSPS) is 14.1. The monoisotopic (exact) mass is 369 g/mol. The van der Waals surface area contributed by atoms with E-state index in [0.29, 0.717) is 30.3 Å². The average molecular weight is 369 g/mol. The Morgan fingerprint density at radius 1 is 0.963 bits per heavy atom. The number of amides is 2. The maximum atomic E-state index is 12.7. The molecule has 6 heteroatoms. The van der Waals surface area contributed by atoms with Crippen molar-refractivity contribution in [2.45, 2.75) is 13.8 Å². The van der Waals surface area contributed by atoms with Gasteiger partial charge in [0.1, 0.15) is 11.5 Å². The summed E-state index contributed by atoms with van der Waals surface area (Å²) in [6.07, 6.45) is 0. The van der Waals surface area contributed by atoms with E-state index in [1.165, 1.54) is 16.8 Å². The SMILES string of the molecule is COc1ccc(OC)c(NC(=O)N2CCN(c3ccc(C)cc3C)CC2)c1. The Morgan fingerprint density at radius 3 is 2.33 bits per heavy atom. The third-order valence-corrected chi connectivity index (χ3v) is 4.91. The largest absolute Gasteiger partial charge is 0.497 e. The number of carbonyl (C=O) groups excluding carboxylic acids is 1. The van der Waals surface area contributed by atoms with Crippen LogP contribution in [0.15, 0.2) is 36.4 Å². The molecule has 1 saturated heterocycles. The van der Waals surface area contributed by atoms with Crippen molar-refractivity contribution in [3.63, 3.8) is 0 Å². The van der Waals surface area contributed by atoms with E-state index in [4.69, 9.17) is 9.47 Å². The van der Waals surface area contributed by atoms with Gasteiger partial charge in [0.25, 0.3) is 0 Å². The fraction of sp³-hybridized carbons (Fsp3) is 0.381. The van der Waals surface area contributed by atoms with Gasteiger partial charge < -0.3 is 24.6 Å². The van der Waals surface area contributed by atoms with Crippen molar-refractivity contribution in [3.8, 4) is 11.5 Å². The van der Waals surface area contributed by atoms with E-state index < -0.39 is 0 Å². The number of urea groups is 1. The quantitative estimate of drug-likeness (QED) is 0.893. The van der Waals surface area contributed by atoms with Gasteiger partial charge in [0.05, 0.1) is 19.9 Å². The molecule has 144 valence electrons. The van der Waals surface area contributed by atoms with Crippen molar-refractivity contribution in [2.75, 3.05) is 50.6 Å². The molecule has 0 aromatic heterocycles. The fourth-order valence-electron chi connectivity index (χ4n) is 3.42. The molecule has 3 rings (SSSR count). The molecule has 6 nitrogen and oxygen atoms in total. The van der Waals surface area contributed by atoms with Crippen molar-refractivity contribution in [1.29, 1.82) is 0 Å². The second-order valence-electron chi connectivity index (χ2n) is 6.76. The molecule has 27 heavy (non-hydrogen) atoms. The van der Waals surface area contributed by atoms with Gasteiger partial charge in [-0.1, -0.05) is 17.7 Å². The molecule has 0 aliphatic carbocycles. The fourth-order valence-corrected chi connectivity index (χ4v) is 3.42. The maximum absolute atomic E-state index is 12.7. The molecule has 0 unspecified atom stereocenters. The average Bonchev–Trinajstić information content (AvgIpc) is 2.68. The van der Waals surface area contributed by atoms with E-state index in [1.54, 1.807) is 32.4 Å². The zero-order valence-electron chi connectivity index (χ0n) is 16.4. The number of nitrogens with zero attached hydrogens (tertiary/aromatic N) is 2. The maximum Gasteiger partial charge on any atom is 0.322 e. The highest BCUT2D eigenvalue weighted by Crippen LogP contribution is 2.29. The topological polar surface area (TPSA) is 54.0 Å². The number of piperazine rings is 1. The van der Waals surface area contributed by atoms with Gasteiger partial charge in [-0.05, 0) is 37.6 Å². The Balaban J connectivity index is 1.63. The van der Waals surface area contributed by atoms with Crippen LogP contribution in [0.4, 0.5) is 16.2 Å². The highest BCUT2D eigenvalue weighted by molar-refractivity contribution is 5.91. The third-order valence-electron chi connectivity index (χ3n) is 4.91. The minimum absolute atomic E-state index is 0.123. The highest BCUT2D eigenvalue weighted by atomic mass is 16.5. The van der Waals surface area contributed by atoms with E-state index in [-0.39, 0.29) is 6.03 Å². The summed E-state index contributed by atoms with van der Waals surface area (Å²) in [5.41, 5.74) is 4.39. The molecular weight excluding hydrogens is 342 g/mol. The van der Waals surface area contributed by atoms with Crippen molar-refractivity contribution in [2.24, 2.45) is 0 Å². The standard InChI is InChI=1S/C21H27N3O3/c1-15-5-7-19(16(2)13-15)23-9-11-24(12-10-23)21(25)22-18-14-17(26-3)6-8-20(18)27-4/h5-8,13-14H,9-12H2,1-4H3,(H,22,25). The molecule has 0 radical (unpaired) electrons. The number of carbonyl (C=O) groups is 1. The minimum atomic E-state index is -0.123. The lowest BCUT2D eigenvalue weighted by Crippen LogP contribution is -2.50. The van der Waals surface area contributed by atoms with Crippen LogP contribution in [0.3, 0.4) is 0 Å². The smallest absolute Gasteiger partial charge is 0.322 e. The van der Waals surface area contributed by atoms with E-state index in [9.17, 15) is 4.79 Å². The molecule has 0 bridgehead atoms. The van der Waals surface area contributed by atoms with Crippen LogP contribution in [0.1, 0.15) is 11.1 Å². The Labute approximate surface area is 160 Å². The second-order valence-corrected chi connectivity index (χ2v) is 6.76. The summed E-state index contributed by atoms with van der Waals surface area (Å²) in [5.74, 6) is 1.28. The number of hydrogen-bond donors (Lipinski definition) is 1. The van der Waals surface area contributed by atoms with Crippen molar-refractivity contribution >= 4 is 17.4 Å². The number of ether oxygens (including phenoxy) is 2. The number of nitrogens with one attached hydrogen (secondary N) is 1. The number of aryl methyl sites for hydroxylation is 2. The lowest BCUT2D eigenvalue weighted by atomic mass is 10.1. The summed E-state index contributed by atoms with van der Waals surface area (Å²) in [6, 6.07) is 11.7. The molecule has 1 aliphatic rings. The van der Waals surface area contributed by atoms with Crippen LogP contribution >= 0.6 is 0 Å². The Hall–Kier alpha value is -2.89. The number of hydrogen-bond acceptors (Lipinski definition) is 4. The molecule has 0 spiro atoms. The Kier molecular flexibility index (Phi) is 5.74. The van der Waals surface area contributed by atoms with Crippen LogP contribution in [0.25, 0.3) is 0 Å². The van der Waals surface area contributed by atoms with E-state index in [2.05, 4.69) is 42.3 Å². The number of rotatable bonds is 4. The van der Waals surface area contributed by atoms with Gasteiger partial charge in [-0.25, -0.2) is 4.79 Å². The molecule has 0 atom stereocenters. The van der Waals surface area contributed by atoms with Gasteiger partial charge in [-0.2, -0.15) is 0 Å². The summed E-state index contributed by atoms with van der Waals surface area (Å²) in [6.45, 7) is 7.21. The summed E-state index contributed by atoms with van der Waals surface area (Å²) in [5, 5.41) is 2.94. The van der Waals surface area contributed by atoms with Crippen LogP contribution in [-0.2, 0) is 0 Å². The number of benzene rings is 2. The molecule has 1 heterocycles. The second kappa shape index (κ2) is 8.20. The lowest BCUT2D eigenvalue weighted by molar-refractivity contribution is 0.208. The van der Waals surface area contributed by atoms with Crippen LogP contribution in [0.5, 0.6) is 11.5 Å². The number of anilines is 2. The molecule has 2 aromatic carbocycles. The van der Waals surface area contributed by atoms with Crippen LogP contribution in [0, 0.1) is 13.8 Å². The number of methoxy groups -OCH3 is 2. The van der Waals surface area contributed by atoms with Gasteiger partial charge in [-0.15, -0.1) is 0 Å². The van der Waals surface area contributed by atoms with E-state index in [0.717, 1.165) is 13.1 Å². The lowest BCUT2D eigenvalue weighted by Gasteiger charge is -2.36. The predicted molar refractivity (Wildman–Crippen MR) is 108 cm³/mol. The molecule has 1 N–H and O–H groups in total. The van der Waals surface area contributed by atoms with E-state index >= 15 is 0 Å². The molecule has 2 aromatic rings. The van der Waals surface area contributed by atoms with Crippen LogP contribution in [-0.4, -0.2) is 51.3 Å². The van der Waals surface area contributed by atoms with Gasteiger partial charge in [0.2, 0.25) is 0 Å². The molecule has 0 saturated carbocycles. The third kappa shape index (κ3) is 4.27. The first kappa shape index (κ1) is 18.9. The van der Waals surface area contributed by atoms with Crippen LogP contribution in [0.2, 0.25) is 0 Å². The van der Waals surface area contributed by atoms with E-state index in [1.807, 2.05) is 4.90 Å². The Bertz CT molecular complexity index is 814. The van der Waals surface area contributed by atoms with Crippen molar-refractivity contribution < 1.29 is 14.3 Å². The van der Waals surface area contributed by atoms with Gasteiger partial charge >= 0.3 is 6.03 Å². The first-order valence-electron chi connectivity index (χ1n) is 9.12. The van der Waals surface area contributed by atoms with Crippen molar-refractivity contribution in [3.05, 3.63) is 47.5 Å². The highest BCUT2D eigenvalue weighted by Gasteiger charge is 2.23. The molecule has 2 amide bonds. The summed E-state index contributed by atoms with van der Waals surface area (Å²) in [7, 11) is 3.18. The minimum Gasteiger partial charge on any atom is -0.497 e. The predicted octanol–water partition coefficient (Wildman–Crippen LogP) is 3.67. The van der Waals surface area contributed by atoms with Gasteiger partial charge in [0, 0.05) is 37.9 Å². The van der Waals surface area contributed by atoms with Crippen LogP contribution < -0.4 is 19.7 Å². The molecule has 1 fully saturated rings. The van der Waals surface area contributed by atoms with Gasteiger partial charge in [-0.3, -0.25) is 0 Å². The molecular formula is C21H27N3O3. The summed E-state index contributed by atoms with van der Waals surface area (Å²) >= 11 is 0. The van der Waals surface area contributed by atoms with Crippen molar-refractivity contribution in [1.82, 2.24) is 4.90 Å². The zero-order chi connectivity index (χ0) is 19.4. The first-order chi connectivity index (χ1) is 13.0.